The number of carbonyl (C=O) groups is 1. The fourth-order valence-corrected chi connectivity index (χ4v) is 4.55. The van der Waals surface area contributed by atoms with Gasteiger partial charge in [-0.2, -0.15) is 9.41 Å². The van der Waals surface area contributed by atoms with E-state index in [1.807, 2.05) is 6.07 Å². The first kappa shape index (κ1) is 21.8. The zero-order valence-electron chi connectivity index (χ0n) is 17.2. The maximum atomic E-state index is 12.7. The summed E-state index contributed by atoms with van der Waals surface area (Å²) in [5.41, 5.74) is 4.04. The fourth-order valence-electron chi connectivity index (χ4n) is 3.04. The Hall–Kier alpha value is -2.91. The van der Waals surface area contributed by atoms with Crippen LogP contribution in [0.1, 0.15) is 36.7 Å². The molecule has 0 spiro atoms. The van der Waals surface area contributed by atoms with Crippen molar-refractivity contribution in [1.29, 1.82) is 0 Å². The molecule has 1 aliphatic rings. The van der Waals surface area contributed by atoms with Gasteiger partial charge in [-0.05, 0) is 43.3 Å². The SMILES string of the molecule is CCN(CC)S(=O)(=O)c1cccc(C(=O)NN=C(C)c2ccc3c(c2)OCCO3)c1. The summed E-state index contributed by atoms with van der Waals surface area (Å²) >= 11 is 0. The lowest BCUT2D eigenvalue weighted by atomic mass is 10.1. The normalized spacial score (nSPS) is 13.9. The van der Waals surface area contributed by atoms with Gasteiger partial charge in [0.05, 0.1) is 10.6 Å². The van der Waals surface area contributed by atoms with Crippen molar-refractivity contribution in [3.63, 3.8) is 0 Å². The Balaban J connectivity index is 1.76. The lowest BCUT2D eigenvalue weighted by Crippen LogP contribution is -2.30. The third kappa shape index (κ3) is 4.63. The molecule has 1 heterocycles. The van der Waals surface area contributed by atoms with E-state index in [2.05, 4.69) is 10.5 Å². The number of nitrogens with zero attached hydrogens (tertiary/aromatic N) is 2. The molecule has 0 aromatic heterocycles. The monoisotopic (exact) mass is 431 g/mol. The first-order valence-corrected chi connectivity index (χ1v) is 11.2. The van der Waals surface area contributed by atoms with Crippen LogP contribution in [-0.2, 0) is 10.0 Å². The number of carbonyl (C=O) groups excluding carboxylic acids is 1. The van der Waals surface area contributed by atoms with Crippen molar-refractivity contribution in [2.75, 3.05) is 26.3 Å². The molecule has 3 rings (SSSR count). The van der Waals surface area contributed by atoms with Crippen LogP contribution in [0.5, 0.6) is 11.5 Å². The van der Waals surface area contributed by atoms with E-state index < -0.39 is 15.9 Å². The number of amides is 1. The van der Waals surface area contributed by atoms with Gasteiger partial charge in [0.25, 0.3) is 5.91 Å². The van der Waals surface area contributed by atoms with Crippen molar-refractivity contribution in [3.05, 3.63) is 53.6 Å². The molecule has 9 heteroatoms. The van der Waals surface area contributed by atoms with E-state index in [9.17, 15) is 13.2 Å². The lowest BCUT2D eigenvalue weighted by molar-refractivity contribution is 0.0954. The average Bonchev–Trinajstić information content (AvgIpc) is 2.77. The van der Waals surface area contributed by atoms with E-state index in [1.165, 1.54) is 16.4 Å². The molecule has 2 aromatic rings. The summed E-state index contributed by atoms with van der Waals surface area (Å²) in [7, 11) is -3.65. The summed E-state index contributed by atoms with van der Waals surface area (Å²) in [6.45, 7) is 7.00. The highest BCUT2D eigenvalue weighted by Crippen LogP contribution is 2.30. The number of nitrogens with one attached hydrogen (secondary N) is 1. The number of sulfonamides is 1. The van der Waals surface area contributed by atoms with Crippen LogP contribution in [0.2, 0.25) is 0 Å². The predicted molar refractivity (Wildman–Crippen MR) is 114 cm³/mol. The number of hydrazone groups is 1. The molecule has 1 amide bonds. The quantitative estimate of drug-likeness (QED) is 0.537. The van der Waals surface area contributed by atoms with Crippen molar-refractivity contribution in [3.8, 4) is 11.5 Å². The van der Waals surface area contributed by atoms with Crippen LogP contribution in [0.15, 0.2) is 52.5 Å². The fraction of sp³-hybridized carbons (Fsp3) is 0.333. The molecule has 0 fully saturated rings. The Morgan fingerprint density at radius 2 is 1.73 bits per heavy atom. The second-order valence-electron chi connectivity index (χ2n) is 6.61. The molecule has 0 bridgehead atoms. The summed E-state index contributed by atoms with van der Waals surface area (Å²) in [5, 5.41) is 4.14. The summed E-state index contributed by atoms with van der Waals surface area (Å²) in [4.78, 5) is 12.6. The second-order valence-corrected chi connectivity index (χ2v) is 8.55. The van der Waals surface area contributed by atoms with Gasteiger partial charge in [-0.1, -0.05) is 19.9 Å². The minimum absolute atomic E-state index is 0.0754. The third-order valence-corrected chi connectivity index (χ3v) is 6.77. The zero-order chi connectivity index (χ0) is 21.7. The smallest absolute Gasteiger partial charge is 0.271 e. The van der Waals surface area contributed by atoms with Gasteiger partial charge in [0, 0.05) is 24.2 Å². The highest BCUT2D eigenvalue weighted by molar-refractivity contribution is 7.89. The van der Waals surface area contributed by atoms with Gasteiger partial charge in [0.1, 0.15) is 13.2 Å². The van der Waals surface area contributed by atoms with E-state index >= 15 is 0 Å². The number of rotatable bonds is 7. The molecule has 1 aliphatic heterocycles. The van der Waals surface area contributed by atoms with E-state index in [0.717, 1.165) is 5.56 Å². The number of hydrogen-bond acceptors (Lipinski definition) is 6. The molecule has 0 unspecified atom stereocenters. The Morgan fingerprint density at radius 3 is 2.43 bits per heavy atom. The van der Waals surface area contributed by atoms with Crippen LogP contribution in [0.4, 0.5) is 0 Å². The molecule has 0 saturated heterocycles. The third-order valence-electron chi connectivity index (χ3n) is 4.72. The molecule has 0 aliphatic carbocycles. The van der Waals surface area contributed by atoms with E-state index in [-0.39, 0.29) is 10.5 Å². The molecule has 0 radical (unpaired) electrons. The van der Waals surface area contributed by atoms with E-state index in [4.69, 9.17) is 9.47 Å². The van der Waals surface area contributed by atoms with Crippen molar-refractivity contribution in [1.82, 2.24) is 9.73 Å². The van der Waals surface area contributed by atoms with E-state index in [1.54, 1.807) is 45.0 Å². The summed E-state index contributed by atoms with van der Waals surface area (Å²) < 4.78 is 37.8. The van der Waals surface area contributed by atoms with Crippen LogP contribution in [0, 0.1) is 0 Å². The maximum Gasteiger partial charge on any atom is 0.271 e. The van der Waals surface area contributed by atoms with Gasteiger partial charge in [-0.3, -0.25) is 4.79 Å². The number of fused-ring (bicyclic) bond motifs is 1. The van der Waals surface area contributed by atoms with Crippen LogP contribution in [-0.4, -0.2) is 50.6 Å². The summed E-state index contributed by atoms with van der Waals surface area (Å²) in [6.07, 6.45) is 0. The van der Waals surface area contributed by atoms with Crippen LogP contribution in [0.3, 0.4) is 0 Å². The second kappa shape index (κ2) is 9.27. The van der Waals surface area contributed by atoms with Crippen LogP contribution >= 0.6 is 0 Å². The minimum atomic E-state index is -3.65. The lowest BCUT2D eigenvalue weighted by Gasteiger charge is -2.19. The minimum Gasteiger partial charge on any atom is -0.486 e. The van der Waals surface area contributed by atoms with Gasteiger partial charge < -0.3 is 9.47 Å². The molecule has 0 saturated carbocycles. The maximum absolute atomic E-state index is 12.7. The van der Waals surface area contributed by atoms with Crippen LogP contribution in [0.25, 0.3) is 0 Å². The topological polar surface area (TPSA) is 97.3 Å². The summed E-state index contributed by atoms with van der Waals surface area (Å²) in [5.74, 6) is 0.811. The predicted octanol–water partition coefficient (Wildman–Crippen LogP) is 2.64. The first-order chi connectivity index (χ1) is 14.4. The zero-order valence-corrected chi connectivity index (χ0v) is 18.0. The number of hydrogen-bond donors (Lipinski definition) is 1. The highest BCUT2D eigenvalue weighted by atomic mass is 32.2. The molecule has 8 nitrogen and oxygen atoms in total. The van der Waals surface area contributed by atoms with Gasteiger partial charge in [-0.15, -0.1) is 0 Å². The molecule has 160 valence electrons. The Labute approximate surface area is 176 Å². The summed E-state index contributed by atoms with van der Waals surface area (Å²) in [6, 6.07) is 11.4. The number of benzene rings is 2. The van der Waals surface area contributed by atoms with Crippen LogP contribution < -0.4 is 14.9 Å². The van der Waals surface area contributed by atoms with Crippen molar-refractivity contribution in [2.45, 2.75) is 25.7 Å². The molecular weight excluding hydrogens is 406 g/mol. The highest BCUT2D eigenvalue weighted by Gasteiger charge is 2.22. The van der Waals surface area contributed by atoms with Crippen molar-refractivity contribution in [2.24, 2.45) is 5.10 Å². The molecular formula is C21H25N3O5S. The Kier molecular flexibility index (Phi) is 6.73. The van der Waals surface area contributed by atoms with Gasteiger partial charge in [-0.25, -0.2) is 13.8 Å². The first-order valence-electron chi connectivity index (χ1n) is 9.71. The van der Waals surface area contributed by atoms with Crippen molar-refractivity contribution < 1.29 is 22.7 Å². The Morgan fingerprint density at radius 1 is 1.03 bits per heavy atom. The molecule has 2 aromatic carbocycles. The largest absolute Gasteiger partial charge is 0.486 e. The Bertz CT molecular complexity index is 1060. The van der Waals surface area contributed by atoms with Gasteiger partial charge >= 0.3 is 0 Å². The number of ether oxygens (including phenoxy) is 2. The van der Waals surface area contributed by atoms with Crippen molar-refractivity contribution >= 4 is 21.6 Å². The average molecular weight is 432 g/mol. The molecule has 30 heavy (non-hydrogen) atoms. The van der Waals surface area contributed by atoms with Gasteiger partial charge in [0.2, 0.25) is 10.0 Å². The van der Waals surface area contributed by atoms with Gasteiger partial charge in [0.15, 0.2) is 11.5 Å². The standard InChI is InChI=1S/C21H25N3O5S/c1-4-24(5-2)30(26,27)18-8-6-7-17(13-18)21(25)23-22-15(3)16-9-10-19-20(14-16)29-12-11-28-19/h6-10,13-14H,4-5,11-12H2,1-3H3,(H,23,25). The molecule has 0 atom stereocenters. The molecule has 1 N–H and O–H groups in total. The van der Waals surface area contributed by atoms with E-state index in [0.29, 0.717) is 43.5 Å².